The second-order valence-corrected chi connectivity index (χ2v) is 6.67. The fourth-order valence-corrected chi connectivity index (χ4v) is 3.02. The number of hydrogen-bond acceptors (Lipinski definition) is 3. The van der Waals surface area contributed by atoms with Crippen LogP contribution in [-0.4, -0.2) is 17.0 Å². The van der Waals surface area contributed by atoms with Gasteiger partial charge in [0.05, 0.1) is 10.2 Å². The van der Waals surface area contributed by atoms with Gasteiger partial charge in [-0.1, -0.05) is 45.0 Å². The molecule has 3 nitrogen and oxygen atoms in total. The zero-order valence-corrected chi connectivity index (χ0v) is 14.2. The fraction of sp³-hybridized carbons (Fsp3) is 0.375. The van der Waals surface area contributed by atoms with Crippen molar-refractivity contribution >= 4 is 21.7 Å². The number of hydrogen-bond donors (Lipinski definition) is 1. The molecule has 106 valence electrons. The van der Waals surface area contributed by atoms with Gasteiger partial charge < -0.3 is 5.32 Å². The molecule has 0 bridgehead atoms. The zero-order valence-electron chi connectivity index (χ0n) is 12.6. The summed E-state index contributed by atoms with van der Waals surface area (Å²) in [6.07, 6.45) is 0. The van der Waals surface area contributed by atoms with Gasteiger partial charge >= 0.3 is 0 Å². The minimum Gasteiger partial charge on any atom is -0.372 e. The van der Waals surface area contributed by atoms with Crippen LogP contribution >= 0.6 is 15.9 Å². The minimum absolute atomic E-state index is 0.0508. The predicted molar refractivity (Wildman–Crippen MR) is 88.2 cm³/mol. The first-order valence-corrected chi connectivity index (χ1v) is 7.45. The summed E-state index contributed by atoms with van der Waals surface area (Å²) >= 11 is 3.61. The van der Waals surface area contributed by atoms with Crippen molar-refractivity contribution in [1.29, 1.82) is 0 Å². The number of halogens is 1. The number of anilines is 1. The van der Waals surface area contributed by atoms with Crippen molar-refractivity contribution in [2.24, 2.45) is 0 Å². The van der Waals surface area contributed by atoms with E-state index in [1.54, 1.807) is 0 Å². The lowest BCUT2D eigenvalue weighted by Gasteiger charge is -2.22. The zero-order chi connectivity index (χ0) is 14.9. The maximum atomic E-state index is 4.79. The van der Waals surface area contributed by atoms with E-state index in [9.17, 15) is 0 Å². The first kappa shape index (κ1) is 15.0. The van der Waals surface area contributed by atoms with Crippen molar-refractivity contribution in [3.05, 3.63) is 40.0 Å². The molecule has 0 aliphatic heterocycles. The smallest absolute Gasteiger partial charge is 0.162 e. The maximum Gasteiger partial charge on any atom is 0.162 e. The van der Waals surface area contributed by atoms with Gasteiger partial charge in [-0.15, -0.1) is 0 Å². The number of nitrogens with one attached hydrogen (secondary N) is 1. The molecule has 20 heavy (non-hydrogen) atoms. The molecule has 0 radical (unpaired) electrons. The van der Waals surface area contributed by atoms with Crippen molar-refractivity contribution in [3.8, 4) is 11.4 Å². The van der Waals surface area contributed by atoms with E-state index in [2.05, 4.69) is 66.1 Å². The fourth-order valence-electron chi connectivity index (χ4n) is 2.05. The number of aromatic nitrogens is 2. The van der Waals surface area contributed by atoms with Gasteiger partial charge in [0.15, 0.2) is 5.82 Å². The monoisotopic (exact) mass is 333 g/mol. The second-order valence-electron chi connectivity index (χ2n) is 5.87. The molecule has 0 atom stereocenters. The van der Waals surface area contributed by atoms with Crippen LogP contribution in [0.1, 0.15) is 32.0 Å². The van der Waals surface area contributed by atoms with E-state index in [0.717, 1.165) is 27.4 Å². The average Bonchev–Trinajstić information content (AvgIpc) is 2.38. The van der Waals surface area contributed by atoms with Crippen LogP contribution < -0.4 is 5.32 Å². The van der Waals surface area contributed by atoms with Crippen LogP contribution in [0.4, 0.5) is 5.82 Å². The van der Waals surface area contributed by atoms with Gasteiger partial charge in [0.2, 0.25) is 0 Å². The Morgan fingerprint density at radius 1 is 1.10 bits per heavy atom. The summed E-state index contributed by atoms with van der Waals surface area (Å²) in [4.78, 5) is 9.41. The number of aryl methyl sites for hydroxylation is 1. The van der Waals surface area contributed by atoms with E-state index in [1.165, 1.54) is 5.56 Å². The van der Waals surface area contributed by atoms with Gasteiger partial charge in [0.25, 0.3) is 0 Å². The molecule has 0 amide bonds. The second kappa shape index (κ2) is 5.52. The van der Waals surface area contributed by atoms with Crippen LogP contribution in [0.3, 0.4) is 0 Å². The molecule has 2 rings (SSSR count). The molecule has 0 unspecified atom stereocenters. The van der Waals surface area contributed by atoms with Crippen molar-refractivity contribution in [3.63, 3.8) is 0 Å². The van der Waals surface area contributed by atoms with Gasteiger partial charge in [0, 0.05) is 18.0 Å². The lowest BCUT2D eigenvalue weighted by atomic mass is 9.91. The highest BCUT2D eigenvalue weighted by Crippen LogP contribution is 2.34. The van der Waals surface area contributed by atoms with Crippen molar-refractivity contribution in [2.75, 3.05) is 12.4 Å². The molecule has 0 aliphatic rings. The Morgan fingerprint density at radius 2 is 1.75 bits per heavy atom. The molecule has 0 aliphatic carbocycles. The molecule has 4 heteroatoms. The Labute approximate surface area is 129 Å². The van der Waals surface area contributed by atoms with Crippen LogP contribution in [-0.2, 0) is 5.41 Å². The van der Waals surface area contributed by atoms with Gasteiger partial charge in [-0.05, 0) is 28.4 Å². The number of rotatable bonds is 2. The highest BCUT2D eigenvalue weighted by molar-refractivity contribution is 9.10. The predicted octanol–water partition coefficient (Wildman–Crippen LogP) is 4.55. The molecule has 1 N–H and O–H groups in total. The van der Waals surface area contributed by atoms with E-state index >= 15 is 0 Å². The number of nitrogens with zero attached hydrogens (tertiary/aromatic N) is 2. The third kappa shape index (κ3) is 2.85. The quantitative estimate of drug-likeness (QED) is 0.875. The van der Waals surface area contributed by atoms with Crippen molar-refractivity contribution in [2.45, 2.75) is 33.1 Å². The Kier molecular flexibility index (Phi) is 4.14. The van der Waals surface area contributed by atoms with Crippen molar-refractivity contribution < 1.29 is 0 Å². The highest BCUT2D eigenvalue weighted by Gasteiger charge is 2.23. The molecule has 2 aromatic rings. The standard InChI is InChI=1S/C16H20BrN3/c1-10-8-6-7-9-11(10)14-19-13(16(2,3)4)12(17)15(18-5)20-14/h6-9H,1-5H3,(H,18,19,20). The molecule has 1 heterocycles. The number of benzene rings is 1. The summed E-state index contributed by atoms with van der Waals surface area (Å²) in [7, 11) is 1.88. The Morgan fingerprint density at radius 3 is 2.30 bits per heavy atom. The van der Waals surface area contributed by atoms with E-state index in [4.69, 9.17) is 4.98 Å². The third-order valence-corrected chi connectivity index (χ3v) is 3.94. The molecule has 0 saturated carbocycles. The SMILES string of the molecule is CNc1nc(-c2ccccc2C)nc(C(C)(C)C)c1Br. The van der Waals surface area contributed by atoms with Crippen molar-refractivity contribution in [1.82, 2.24) is 9.97 Å². The molecular weight excluding hydrogens is 314 g/mol. The Hall–Kier alpha value is -1.42. The molecule has 0 fully saturated rings. The average molecular weight is 334 g/mol. The van der Waals surface area contributed by atoms with Crippen LogP contribution in [0.2, 0.25) is 0 Å². The third-order valence-electron chi connectivity index (χ3n) is 3.18. The molecule has 0 spiro atoms. The molecule has 1 aromatic carbocycles. The minimum atomic E-state index is -0.0508. The van der Waals surface area contributed by atoms with Crippen LogP contribution in [0, 0.1) is 6.92 Å². The van der Waals surface area contributed by atoms with Crippen LogP contribution in [0.5, 0.6) is 0 Å². The van der Waals surface area contributed by atoms with E-state index < -0.39 is 0 Å². The van der Waals surface area contributed by atoms with E-state index in [1.807, 2.05) is 19.2 Å². The molecular formula is C16H20BrN3. The maximum absolute atomic E-state index is 4.79. The lowest BCUT2D eigenvalue weighted by Crippen LogP contribution is -2.17. The first-order chi connectivity index (χ1) is 9.34. The first-order valence-electron chi connectivity index (χ1n) is 6.66. The normalized spacial score (nSPS) is 11.5. The van der Waals surface area contributed by atoms with Gasteiger partial charge in [-0.2, -0.15) is 0 Å². The molecule has 0 saturated heterocycles. The topological polar surface area (TPSA) is 37.8 Å². The summed E-state index contributed by atoms with van der Waals surface area (Å²) in [6.45, 7) is 8.54. The summed E-state index contributed by atoms with van der Waals surface area (Å²) < 4.78 is 0.935. The van der Waals surface area contributed by atoms with Gasteiger partial charge in [-0.25, -0.2) is 9.97 Å². The van der Waals surface area contributed by atoms with E-state index in [0.29, 0.717) is 0 Å². The Bertz CT molecular complexity index is 630. The van der Waals surface area contributed by atoms with E-state index in [-0.39, 0.29) is 5.41 Å². The largest absolute Gasteiger partial charge is 0.372 e. The van der Waals surface area contributed by atoms with Gasteiger partial charge in [-0.3, -0.25) is 0 Å². The summed E-state index contributed by atoms with van der Waals surface area (Å²) in [5, 5.41) is 3.14. The Balaban J connectivity index is 2.70. The summed E-state index contributed by atoms with van der Waals surface area (Å²) in [5.74, 6) is 1.59. The highest BCUT2D eigenvalue weighted by atomic mass is 79.9. The van der Waals surface area contributed by atoms with Gasteiger partial charge in [0.1, 0.15) is 5.82 Å². The summed E-state index contributed by atoms with van der Waals surface area (Å²) in [6, 6.07) is 8.19. The molecule has 1 aromatic heterocycles. The van der Waals surface area contributed by atoms with Crippen LogP contribution in [0.15, 0.2) is 28.7 Å². The lowest BCUT2D eigenvalue weighted by molar-refractivity contribution is 0.564. The summed E-state index contributed by atoms with van der Waals surface area (Å²) in [5.41, 5.74) is 3.21. The van der Waals surface area contributed by atoms with Crippen LogP contribution in [0.25, 0.3) is 11.4 Å².